The molecule has 2 rings (SSSR count). The second kappa shape index (κ2) is 7.07. The van der Waals surface area contributed by atoms with E-state index >= 15 is 0 Å². The molecule has 0 spiro atoms. The van der Waals surface area contributed by atoms with E-state index in [-0.39, 0.29) is 5.56 Å². The molecule has 1 N–H and O–H groups in total. The summed E-state index contributed by atoms with van der Waals surface area (Å²) in [6, 6.07) is 9.97. The van der Waals surface area contributed by atoms with Gasteiger partial charge in [0.25, 0.3) is 5.91 Å². The second-order valence-corrected chi connectivity index (χ2v) is 5.29. The molecular formula is C18H20FNO2. The second-order valence-electron chi connectivity index (χ2n) is 5.29. The fourth-order valence-corrected chi connectivity index (χ4v) is 2.16. The predicted molar refractivity (Wildman–Crippen MR) is 84.9 cm³/mol. The van der Waals surface area contributed by atoms with Gasteiger partial charge in [0.05, 0.1) is 12.1 Å². The van der Waals surface area contributed by atoms with Crippen molar-refractivity contribution in [1.82, 2.24) is 5.32 Å². The van der Waals surface area contributed by atoms with E-state index in [1.807, 2.05) is 19.9 Å². The molecule has 0 aliphatic carbocycles. The van der Waals surface area contributed by atoms with Gasteiger partial charge >= 0.3 is 0 Å². The van der Waals surface area contributed by atoms with Crippen molar-refractivity contribution in [3.8, 4) is 5.75 Å². The molecule has 0 saturated heterocycles. The number of halogens is 1. The molecule has 0 unspecified atom stereocenters. The average Bonchev–Trinajstić information content (AvgIpc) is 2.48. The van der Waals surface area contributed by atoms with Gasteiger partial charge in [-0.1, -0.05) is 18.2 Å². The number of aryl methyl sites for hydroxylation is 3. The van der Waals surface area contributed by atoms with Crippen LogP contribution in [0.3, 0.4) is 0 Å². The SMILES string of the molecule is Cc1cc(C)c(OCCNC(=O)c2ccccc2F)cc1C. The normalized spacial score (nSPS) is 10.4. The quantitative estimate of drug-likeness (QED) is 0.858. The number of rotatable bonds is 5. The summed E-state index contributed by atoms with van der Waals surface area (Å²) in [6.45, 7) is 6.73. The first-order valence-electron chi connectivity index (χ1n) is 7.22. The molecule has 116 valence electrons. The maximum Gasteiger partial charge on any atom is 0.254 e. The molecular weight excluding hydrogens is 281 g/mol. The Bertz CT molecular complexity index is 683. The van der Waals surface area contributed by atoms with Crippen molar-refractivity contribution in [2.45, 2.75) is 20.8 Å². The van der Waals surface area contributed by atoms with Crippen LogP contribution in [0.4, 0.5) is 4.39 Å². The molecule has 4 heteroatoms. The number of benzene rings is 2. The highest BCUT2D eigenvalue weighted by Gasteiger charge is 2.10. The molecule has 0 fully saturated rings. The van der Waals surface area contributed by atoms with Crippen molar-refractivity contribution in [1.29, 1.82) is 0 Å². The molecule has 0 radical (unpaired) electrons. The minimum Gasteiger partial charge on any atom is -0.491 e. The van der Waals surface area contributed by atoms with Gasteiger partial charge in [0.2, 0.25) is 0 Å². The maximum absolute atomic E-state index is 13.5. The predicted octanol–water partition coefficient (Wildman–Crippen LogP) is 3.56. The van der Waals surface area contributed by atoms with Crippen LogP contribution in [0.25, 0.3) is 0 Å². The molecule has 2 aromatic carbocycles. The highest BCUT2D eigenvalue weighted by atomic mass is 19.1. The van der Waals surface area contributed by atoms with Gasteiger partial charge in [0, 0.05) is 0 Å². The lowest BCUT2D eigenvalue weighted by molar-refractivity contribution is 0.0943. The first-order chi connectivity index (χ1) is 10.5. The van der Waals surface area contributed by atoms with Crippen LogP contribution in [-0.2, 0) is 0 Å². The lowest BCUT2D eigenvalue weighted by atomic mass is 10.1. The van der Waals surface area contributed by atoms with E-state index in [1.54, 1.807) is 12.1 Å². The van der Waals surface area contributed by atoms with Crippen molar-refractivity contribution >= 4 is 5.91 Å². The van der Waals surface area contributed by atoms with E-state index in [4.69, 9.17) is 4.74 Å². The molecule has 0 bridgehead atoms. The summed E-state index contributed by atoms with van der Waals surface area (Å²) >= 11 is 0. The van der Waals surface area contributed by atoms with Gasteiger partial charge in [-0.15, -0.1) is 0 Å². The number of hydrogen-bond donors (Lipinski definition) is 1. The van der Waals surface area contributed by atoms with Crippen LogP contribution in [-0.4, -0.2) is 19.1 Å². The molecule has 22 heavy (non-hydrogen) atoms. The Labute approximate surface area is 130 Å². The van der Waals surface area contributed by atoms with Crippen molar-refractivity contribution in [3.63, 3.8) is 0 Å². The molecule has 0 aliphatic heterocycles. The van der Waals surface area contributed by atoms with E-state index in [9.17, 15) is 9.18 Å². The standard InChI is InChI=1S/C18H20FNO2/c1-12-10-14(3)17(11-13(12)2)22-9-8-20-18(21)15-6-4-5-7-16(15)19/h4-7,10-11H,8-9H2,1-3H3,(H,20,21). The largest absolute Gasteiger partial charge is 0.491 e. The topological polar surface area (TPSA) is 38.3 Å². The van der Waals surface area contributed by atoms with Crippen LogP contribution in [0.1, 0.15) is 27.0 Å². The summed E-state index contributed by atoms with van der Waals surface area (Å²) < 4.78 is 19.1. The van der Waals surface area contributed by atoms with Crippen molar-refractivity contribution in [2.75, 3.05) is 13.2 Å². The number of carbonyl (C=O) groups excluding carboxylic acids is 1. The van der Waals surface area contributed by atoms with Gasteiger partial charge in [-0.2, -0.15) is 0 Å². The Hall–Kier alpha value is -2.36. The van der Waals surface area contributed by atoms with Crippen molar-refractivity contribution in [3.05, 3.63) is 64.5 Å². The fraction of sp³-hybridized carbons (Fsp3) is 0.278. The van der Waals surface area contributed by atoms with Crippen LogP contribution in [0.2, 0.25) is 0 Å². The van der Waals surface area contributed by atoms with E-state index in [1.165, 1.54) is 17.7 Å². The molecule has 0 atom stereocenters. The summed E-state index contributed by atoms with van der Waals surface area (Å²) in [4.78, 5) is 11.8. The Balaban J connectivity index is 1.86. The zero-order valence-electron chi connectivity index (χ0n) is 13.1. The first-order valence-corrected chi connectivity index (χ1v) is 7.22. The molecule has 0 saturated carbocycles. The molecule has 0 aliphatic rings. The van der Waals surface area contributed by atoms with E-state index < -0.39 is 11.7 Å². The third-order valence-corrected chi connectivity index (χ3v) is 3.55. The Morgan fingerprint density at radius 3 is 2.50 bits per heavy atom. The van der Waals surface area contributed by atoms with Gasteiger partial charge in [-0.05, 0) is 55.7 Å². The third kappa shape index (κ3) is 3.85. The summed E-state index contributed by atoms with van der Waals surface area (Å²) in [7, 11) is 0. The summed E-state index contributed by atoms with van der Waals surface area (Å²) in [5.41, 5.74) is 3.49. The highest BCUT2D eigenvalue weighted by Crippen LogP contribution is 2.22. The number of ether oxygens (including phenoxy) is 1. The lowest BCUT2D eigenvalue weighted by Gasteiger charge is -2.12. The Morgan fingerprint density at radius 2 is 1.77 bits per heavy atom. The highest BCUT2D eigenvalue weighted by molar-refractivity contribution is 5.94. The molecule has 1 amide bonds. The minimum atomic E-state index is -0.522. The van der Waals surface area contributed by atoms with Gasteiger partial charge in [0.1, 0.15) is 18.2 Å². The molecule has 2 aromatic rings. The van der Waals surface area contributed by atoms with Gasteiger partial charge in [0.15, 0.2) is 0 Å². The summed E-state index contributed by atoms with van der Waals surface area (Å²) in [6.07, 6.45) is 0. The summed E-state index contributed by atoms with van der Waals surface area (Å²) in [5, 5.41) is 2.65. The number of nitrogens with one attached hydrogen (secondary N) is 1. The number of carbonyl (C=O) groups is 1. The van der Waals surface area contributed by atoms with Crippen LogP contribution >= 0.6 is 0 Å². The Morgan fingerprint density at radius 1 is 1.09 bits per heavy atom. The number of hydrogen-bond acceptors (Lipinski definition) is 2. The smallest absolute Gasteiger partial charge is 0.254 e. The van der Waals surface area contributed by atoms with E-state index in [0.29, 0.717) is 13.2 Å². The zero-order chi connectivity index (χ0) is 16.1. The third-order valence-electron chi connectivity index (χ3n) is 3.55. The molecule has 3 nitrogen and oxygen atoms in total. The van der Waals surface area contributed by atoms with Crippen molar-refractivity contribution < 1.29 is 13.9 Å². The fourth-order valence-electron chi connectivity index (χ4n) is 2.16. The minimum absolute atomic E-state index is 0.0462. The Kier molecular flexibility index (Phi) is 5.15. The van der Waals surface area contributed by atoms with E-state index in [2.05, 4.69) is 18.3 Å². The summed E-state index contributed by atoms with van der Waals surface area (Å²) in [5.74, 6) is -0.146. The van der Waals surface area contributed by atoms with Gasteiger partial charge in [-0.3, -0.25) is 4.79 Å². The maximum atomic E-state index is 13.5. The molecule has 0 heterocycles. The van der Waals surface area contributed by atoms with Gasteiger partial charge in [-0.25, -0.2) is 4.39 Å². The van der Waals surface area contributed by atoms with Crippen LogP contribution in [0.15, 0.2) is 36.4 Å². The molecule has 0 aromatic heterocycles. The monoisotopic (exact) mass is 301 g/mol. The van der Waals surface area contributed by atoms with Crippen molar-refractivity contribution in [2.24, 2.45) is 0 Å². The lowest BCUT2D eigenvalue weighted by Crippen LogP contribution is -2.28. The number of amides is 1. The van der Waals surface area contributed by atoms with Crippen LogP contribution in [0, 0.1) is 26.6 Å². The average molecular weight is 301 g/mol. The zero-order valence-corrected chi connectivity index (χ0v) is 13.1. The van der Waals surface area contributed by atoms with E-state index in [0.717, 1.165) is 16.9 Å². The van der Waals surface area contributed by atoms with Gasteiger partial charge < -0.3 is 10.1 Å². The van der Waals surface area contributed by atoms with Crippen LogP contribution in [0.5, 0.6) is 5.75 Å². The van der Waals surface area contributed by atoms with Crippen LogP contribution < -0.4 is 10.1 Å². The first kappa shape index (κ1) is 16.0.